The van der Waals surface area contributed by atoms with Gasteiger partial charge in [-0.25, -0.2) is 21.1 Å². The van der Waals surface area contributed by atoms with E-state index in [1.54, 1.807) is 6.92 Å². The molecule has 1 saturated heterocycles. The summed E-state index contributed by atoms with van der Waals surface area (Å²) in [5, 5.41) is 3.55. The van der Waals surface area contributed by atoms with Crippen LogP contribution in [-0.2, 0) is 24.8 Å². The molecule has 11 heteroatoms. The summed E-state index contributed by atoms with van der Waals surface area (Å²) in [6, 6.07) is 6.40. The highest BCUT2D eigenvalue weighted by atomic mass is 32.2. The molecule has 0 saturated carbocycles. The van der Waals surface area contributed by atoms with E-state index in [9.17, 15) is 21.6 Å². The van der Waals surface area contributed by atoms with Crippen LogP contribution in [0.4, 0.5) is 11.5 Å². The van der Waals surface area contributed by atoms with E-state index in [0.29, 0.717) is 10.1 Å². The highest BCUT2D eigenvalue weighted by Crippen LogP contribution is 2.29. The Bertz CT molecular complexity index is 1020. The zero-order chi connectivity index (χ0) is 18.4. The predicted octanol–water partition coefficient (Wildman–Crippen LogP) is 1.10. The summed E-state index contributed by atoms with van der Waals surface area (Å²) in [6.45, 7) is 3.15. The molecule has 2 heterocycles. The van der Waals surface area contributed by atoms with Crippen molar-refractivity contribution in [3.8, 4) is 0 Å². The van der Waals surface area contributed by atoms with Gasteiger partial charge < -0.3 is 4.52 Å². The van der Waals surface area contributed by atoms with Gasteiger partial charge >= 0.3 is 0 Å². The van der Waals surface area contributed by atoms with Crippen molar-refractivity contribution in [3.63, 3.8) is 0 Å². The first kappa shape index (κ1) is 17.4. The standard InChI is InChI=1S/C14H15N3O6S2/c1-9-8-24(19,20)17(14(9)18)11-3-5-12(6-4-11)25(21,22)16-13-7-10(2)23-15-13/h3-7,9H,8H2,1-2H3,(H,15,16)/t9-/m1/s1. The highest BCUT2D eigenvalue weighted by molar-refractivity contribution is 7.94. The number of nitrogens with zero attached hydrogens (tertiary/aromatic N) is 2. The highest BCUT2D eigenvalue weighted by Gasteiger charge is 2.41. The number of aryl methyl sites for hydroxylation is 1. The Kier molecular flexibility index (Phi) is 4.07. The molecule has 1 amide bonds. The molecular weight excluding hydrogens is 370 g/mol. The molecule has 1 N–H and O–H groups in total. The van der Waals surface area contributed by atoms with Crippen molar-refractivity contribution in [1.29, 1.82) is 0 Å². The smallest absolute Gasteiger partial charge is 0.263 e. The van der Waals surface area contributed by atoms with Crippen LogP contribution in [0.5, 0.6) is 0 Å². The number of rotatable bonds is 4. The van der Waals surface area contributed by atoms with Gasteiger partial charge in [-0.05, 0) is 31.2 Å². The van der Waals surface area contributed by atoms with Gasteiger partial charge in [-0.3, -0.25) is 9.52 Å². The van der Waals surface area contributed by atoms with E-state index in [1.165, 1.54) is 37.3 Å². The molecule has 1 aliphatic heterocycles. The topological polar surface area (TPSA) is 127 Å². The lowest BCUT2D eigenvalue weighted by Crippen LogP contribution is -2.30. The van der Waals surface area contributed by atoms with E-state index >= 15 is 0 Å². The molecular formula is C14H15N3O6S2. The maximum absolute atomic E-state index is 12.3. The predicted molar refractivity (Wildman–Crippen MR) is 88.9 cm³/mol. The van der Waals surface area contributed by atoms with Gasteiger partial charge in [-0.1, -0.05) is 12.1 Å². The fourth-order valence-corrected chi connectivity index (χ4v) is 5.26. The molecule has 1 atom stereocenters. The van der Waals surface area contributed by atoms with E-state index < -0.39 is 31.9 Å². The fourth-order valence-electron chi connectivity index (χ4n) is 2.46. The van der Waals surface area contributed by atoms with Crippen LogP contribution >= 0.6 is 0 Å². The lowest BCUT2D eigenvalue weighted by atomic mass is 10.2. The third-order valence-corrected chi connectivity index (χ3v) is 6.85. The number of benzene rings is 1. The molecule has 0 spiro atoms. The summed E-state index contributed by atoms with van der Waals surface area (Å²) in [4.78, 5) is 11.9. The number of amides is 1. The van der Waals surface area contributed by atoms with Crippen molar-refractivity contribution in [2.75, 3.05) is 14.8 Å². The van der Waals surface area contributed by atoms with Gasteiger partial charge in [0.1, 0.15) is 5.76 Å². The number of hydrogen-bond donors (Lipinski definition) is 1. The minimum atomic E-state index is -3.92. The van der Waals surface area contributed by atoms with Crippen molar-refractivity contribution in [3.05, 3.63) is 36.1 Å². The summed E-state index contributed by atoms with van der Waals surface area (Å²) < 4.78 is 56.5. The van der Waals surface area contributed by atoms with Crippen LogP contribution in [0, 0.1) is 12.8 Å². The fraction of sp³-hybridized carbons (Fsp3) is 0.286. The maximum atomic E-state index is 12.3. The molecule has 0 bridgehead atoms. The Morgan fingerprint density at radius 3 is 2.40 bits per heavy atom. The van der Waals surface area contributed by atoms with Gasteiger partial charge in [0.05, 0.1) is 22.3 Å². The monoisotopic (exact) mass is 385 g/mol. The second kappa shape index (κ2) is 5.85. The normalized spacial score (nSPS) is 20.0. The van der Waals surface area contributed by atoms with Crippen molar-refractivity contribution in [2.45, 2.75) is 18.7 Å². The van der Waals surface area contributed by atoms with Gasteiger partial charge in [0, 0.05) is 6.07 Å². The van der Waals surface area contributed by atoms with Crippen LogP contribution in [0.25, 0.3) is 0 Å². The first-order valence-corrected chi connectivity index (χ1v) is 10.3. The van der Waals surface area contributed by atoms with Crippen LogP contribution in [0.3, 0.4) is 0 Å². The Hall–Kier alpha value is -2.40. The van der Waals surface area contributed by atoms with Gasteiger partial charge in [-0.2, -0.15) is 0 Å². The minimum Gasteiger partial charge on any atom is -0.360 e. The Labute approximate surface area is 144 Å². The van der Waals surface area contributed by atoms with Gasteiger partial charge in [0.25, 0.3) is 10.0 Å². The van der Waals surface area contributed by atoms with Crippen LogP contribution < -0.4 is 9.03 Å². The molecule has 3 rings (SSSR count). The largest absolute Gasteiger partial charge is 0.360 e. The molecule has 1 fully saturated rings. The Morgan fingerprint density at radius 1 is 1.28 bits per heavy atom. The Morgan fingerprint density at radius 2 is 1.92 bits per heavy atom. The molecule has 0 unspecified atom stereocenters. The molecule has 0 aliphatic carbocycles. The van der Waals surface area contributed by atoms with E-state index in [-0.39, 0.29) is 22.2 Å². The summed E-state index contributed by atoms with van der Waals surface area (Å²) in [7, 11) is -7.66. The second-order valence-electron chi connectivity index (χ2n) is 5.70. The van der Waals surface area contributed by atoms with Crippen molar-refractivity contribution < 1.29 is 26.2 Å². The molecule has 134 valence electrons. The summed E-state index contributed by atoms with van der Waals surface area (Å²) >= 11 is 0. The first-order chi connectivity index (χ1) is 11.6. The van der Waals surface area contributed by atoms with E-state index in [1.807, 2.05) is 0 Å². The molecule has 1 aromatic carbocycles. The zero-order valence-electron chi connectivity index (χ0n) is 13.3. The SMILES string of the molecule is Cc1cc(NS(=O)(=O)c2ccc(N3C(=O)[C@H](C)CS3(=O)=O)cc2)no1. The number of carbonyl (C=O) groups is 1. The number of carbonyl (C=O) groups excluding carboxylic acids is 1. The molecule has 2 aromatic rings. The number of aromatic nitrogens is 1. The first-order valence-electron chi connectivity index (χ1n) is 7.23. The molecule has 9 nitrogen and oxygen atoms in total. The lowest BCUT2D eigenvalue weighted by Gasteiger charge is -2.15. The summed E-state index contributed by atoms with van der Waals surface area (Å²) in [5.41, 5.74) is 0.102. The van der Waals surface area contributed by atoms with Crippen molar-refractivity contribution in [1.82, 2.24) is 5.16 Å². The average Bonchev–Trinajstić information content (AvgIpc) is 2.99. The van der Waals surface area contributed by atoms with E-state index in [0.717, 1.165) is 0 Å². The number of nitrogens with one attached hydrogen (secondary N) is 1. The number of anilines is 2. The molecule has 1 aliphatic rings. The van der Waals surface area contributed by atoms with Gasteiger partial charge in [-0.15, -0.1) is 0 Å². The quantitative estimate of drug-likeness (QED) is 0.835. The summed E-state index contributed by atoms with van der Waals surface area (Å²) in [5.74, 6) is -0.955. The Balaban J connectivity index is 1.88. The van der Waals surface area contributed by atoms with Crippen LogP contribution in [0.15, 0.2) is 39.8 Å². The van der Waals surface area contributed by atoms with E-state index in [2.05, 4.69) is 9.88 Å². The van der Waals surface area contributed by atoms with Crippen LogP contribution in [-0.4, -0.2) is 33.7 Å². The van der Waals surface area contributed by atoms with E-state index in [4.69, 9.17) is 4.52 Å². The molecule has 25 heavy (non-hydrogen) atoms. The lowest BCUT2D eigenvalue weighted by molar-refractivity contribution is -0.119. The van der Waals surface area contributed by atoms with Crippen molar-refractivity contribution in [2.24, 2.45) is 5.92 Å². The third kappa shape index (κ3) is 3.24. The van der Waals surface area contributed by atoms with Gasteiger partial charge in [0.2, 0.25) is 15.9 Å². The minimum absolute atomic E-state index is 0.0349. The number of sulfonamides is 2. The van der Waals surface area contributed by atoms with Crippen LogP contribution in [0.2, 0.25) is 0 Å². The maximum Gasteiger partial charge on any atom is 0.263 e. The van der Waals surface area contributed by atoms with Crippen molar-refractivity contribution >= 4 is 37.5 Å². The second-order valence-corrected chi connectivity index (χ2v) is 9.25. The number of hydrogen-bond acceptors (Lipinski definition) is 7. The molecule has 1 aromatic heterocycles. The summed E-state index contributed by atoms with van der Waals surface area (Å²) in [6.07, 6.45) is 0. The molecule has 0 radical (unpaired) electrons. The third-order valence-electron chi connectivity index (χ3n) is 3.61. The van der Waals surface area contributed by atoms with Crippen LogP contribution in [0.1, 0.15) is 12.7 Å². The average molecular weight is 385 g/mol. The zero-order valence-corrected chi connectivity index (χ0v) is 15.0. The van der Waals surface area contributed by atoms with Gasteiger partial charge in [0.15, 0.2) is 5.82 Å².